The molecule has 0 aliphatic carbocycles. The van der Waals surface area contributed by atoms with Crippen molar-refractivity contribution in [2.24, 2.45) is 5.73 Å². The zero-order valence-corrected chi connectivity index (χ0v) is 6.15. The number of alkyl halides is 3. The van der Waals surface area contributed by atoms with Gasteiger partial charge >= 0.3 is 6.18 Å². The molecule has 0 radical (unpaired) electrons. The summed E-state index contributed by atoms with van der Waals surface area (Å²) < 4.78 is 34.4. The molecule has 2 N–H and O–H groups in total. The molecule has 0 aliphatic rings. The van der Waals surface area contributed by atoms with E-state index in [9.17, 15) is 13.2 Å². The summed E-state index contributed by atoms with van der Waals surface area (Å²) in [5, 5.41) is 0. The van der Waals surface area contributed by atoms with Crippen LogP contribution in [0, 0.1) is 0 Å². The van der Waals surface area contributed by atoms with Crippen LogP contribution in [0.3, 0.4) is 0 Å². The minimum atomic E-state index is -4.25. The van der Waals surface area contributed by atoms with E-state index < -0.39 is 6.18 Å². The molecule has 0 aliphatic heterocycles. The first-order chi connectivity index (χ1) is 4.95. The molecule has 0 aromatic carbocycles. The Morgan fingerprint density at radius 3 is 2.36 bits per heavy atom. The van der Waals surface area contributed by atoms with Gasteiger partial charge in [0.15, 0.2) is 0 Å². The minimum absolute atomic E-state index is 0.148. The first-order valence-electron chi connectivity index (χ1n) is 3.16. The van der Waals surface area contributed by atoms with Crippen molar-refractivity contribution in [1.29, 1.82) is 0 Å². The third kappa shape index (κ3) is 6.96. The fraction of sp³-hybridized carbons (Fsp3) is 0.429. The van der Waals surface area contributed by atoms with E-state index in [1.54, 1.807) is 6.92 Å². The molecule has 0 spiro atoms. The van der Waals surface area contributed by atoms with Crippen molar-refractivity contribution in [3.63, 3.8) is 0 Å². The van der Waals surface area contributed by atoms with E-state index in [-0.39, 0.29) is 6.08 Å². The van der Waals surface area contributed by atoms with Gasteiger partial charge in [-0.1, -0.05) is 13.0 Å². The van der Waals surface area contributed by atoms with Gasteiger partial charge < -0.3 is 5.73 Å². The zero-order valence-electron chi connectivity index (χ0n) is 6.15. The zero-order chi connectivity index (χ0) is 8.91. The van der Waals surface area contributed by atoms with Crippen molar-refractivity contribution < 1.29 is 13.2 Å². The highest BCUT2D eigenvalue weighted by atomic mass is 19.4. The lowest BCUT2D eigenvalue weighted by atomic mass is 10.3. The van der Waals surface area contributed by atoms with Gasteiger partial charge in [-0.25, -0.2) is 0 Å². The van der Waals surface area contributed by atoms with E-state index in [2.05, 4.69) is 0 Å². The first kappa shape index (κ1) is 10.1. The van der Waals surface area contributed by atoms with Gasteiger partial charge in [0, 0.05) is 11.8 Å². The molecule has 0 amide bonds. The molecule has 0 unspecified atom stereocenters. The Hall–Kier alpha value is -0.930. The maximum atomic E-state index is 11.5. The number of halogens is 3. The van der Waals surface area contributed by atoms with Crippen LogP contribution >= 0.6 is 0 Å². The van der Waals surface area contributed by atoms with Crippen LogP contribution in [0.15, 0.2) is 23.9 Å². The predicted octanol–water partition coefficient (Wildman–Crippen LogP) is 2.36. The number of hydrogen-bond donors (Lipinski definition) is 1. The van der Waals surface area contributed by atoms with Crippen LogP contribution in [0.25, 0.3) is 0 Å². The van der Waals surface area contributed by atoms with E-state index >= 15 is 0 Å². The van der Waals surface area contributed by atoms with Crippen LogP contribution < -0.4 is 5.73 Å². The highest BCUT2D eigenvalue weighted by Crippen LogP contribution is 2.15. The highest BCUT2D eigenvalue weighted by molar-refractivity contribution is 5.10. The Morgan fingerprint density at radius 2 is 2.00 bits per heavy atom. The highest BCUT2D eigenvalue weighted by Gasteiger charge is 2.21. The molecule has 0 fully saturated rings. The molecule has 0 saturated carbocycles. The van der Waals surface area contributed by atoms with Crippen LogP contribution in [-0.4, -0.2) is 6.18 Å². The molecular formula is C7H10F3N. The fourth-order valence-corrected chi connectivity index (χ4v) is 0.399. The van der Waals surface area contributed by atoms with Gasteiger partial charge in [-0.05, 0) is 12.5 Å². The minimum Gasteiger partial charge on any atom is -0.402 e. The SMILES string of the molecule is CC/C(N)=C\C=C\C(F)(F)F. The Morgan fingerprint density at radius 1 is 1.45 bits per heavy atom. The molecule has 4 heteroatoms. The molecule has 0 rings (SSSR count). The Bertz CT molecular complexity index is 167. The van der Waals surface area contributed by atoms with E-state index in [1.165, 1.54) is 6.08 Å². The van der Waals surface area contributed by atoms with Gasteiger partial charge in [0.05, 0.1) is 0 Å². The van der Waals surface area contributed by atoms with E-state index in [0.29, 0.717) is 12.1 Å². The summed E-state index contributed by atoms with van der Waals surface area (Å²) in [5.74, 6) is 0. The molecule has 0 aromatic rings. The Labute approximate surface area is 63.4 Å². The quantitative estimate of drug-likeness (QED) is 0.624. The molecule has 0 bridgehead atoms. The molecular weight excluding hydrogens is 155 g/mol. The second-order valence-electron chi connectivity index (χ2n) is 2.00. The summed E-state index contributed by atoms with van der Waals surface area (Å²) >= 11 is 0. The number of allylic oxidation sites excluding steroid dienone is 4. The third-order valence-corrected chi connectivity index (χ3v) is 1.00. The molecule has 11 heavy (non-hydrogen) atoms. The van der Waals surface area contributed by atoms with E-state index in [1.807, 2.05) is 0 Å². The normalized spacial score (nSPS) is 14.4. The molecule has 0 saturated heterocycles. The van der Waals surface area contributed by atoms with Crippen molar-refractivity contribution in [3.05, 3.63) is 23.9 Å². The van der Waals surface area contributed by atoms with Crippen molar-refractivity contribution in [3.8, 4) is 0 Å². The van der Waals surface area contributed by atoms with E-state index in [0.717, 1.165) is 6.08 Å². The number of nitrogens with two attached hydrogens (primary N) is 1. The maximum absolute atomic E-state index is 11.5. The summed E-state index contributed by atoms with van der Waals surface area (Å²) in [6.07, 6.45) is -1.39. The number of rotatable bonds is 2. The first-order valence-corrected chi connectivity index (χ1v) is 3.16. The Kier molecular flexibility index (Phi) is 3.71. The van der Waals surface area contributed by atoms with Gasteiger partial charge in [0.25, 0.3) is 0 Å². The lowest BCUT2D eigenvalue weighted by Gasteiger charge is -1.95. The van der Waals surface area contributed by atoms with Gasteiger partial charge in [-0.3, -0.25) is 0 Å². The average Bonchev–Trinajstić information content (AvgIpc) is 1.85. The lowest BCUT2D eigenvalue weighted by Crippen LogP contribution is -2.00. The fourth-order valence-electron chi connectivity index (χ4n) is 0.399. The van der Waals surface area contributed by atoms with Crippen molar-refractivity contribution in [1.82, 2.24) is 0 Å². The van der Waals surface area contributed by atoms with Gasteiger partial charge in [-0.15, -0.1) is 0 Å². The molecule has 64 valence electrons. The largest absolute Gasteiger partial charge is 0.409 e. The standard InChI is InChI=1S/C7H10F3N/c1-2-6(11)4-3-5-7(8,9)10/h3-5H,2,11H2,1H3/b5-3+,6-4+. The van der Waals surface area contributed by atoms with Crippen LogP contribution in [-0.2, 0) is 0 Å². The average molecular weight is 165 g/mol. The molecule has 0 aromatic heterocycles. The third-order valence-electron chi connectivity index (χ3n) is 1.00. The van der Waals surface area contributed by atoms with Gasteiger partial charge in [0.2, 0.25) is 0 Å². The van der Waals surface area contributed by atoms with Crippen molar-refractivity contribution >= 4 is 0 Å². The van der Waals surface area contributed by atoms with E-state index in [4.69, 9.17) is 5.73 Å². The summed E-state index contributed by atoms with van der Waals surface area (Å²) in [4.78, 5) is 0. The summed E-state index contributed by atoms with van der Waals surface area (Å²) in [6.45, 7) is 1.77. The van der Waals surface area contributed by atoms with Gasteiger partial charge in [-0.2, -0.15) is 13.2 Å². The predicted molar refractivity (Wildman–Crippen MR) is 37.8 cm³/mol. The van der Waals surface area contributed by atoms with Crippen LogP contribution in [0.5, 0.6) is 0 Å². The molecule has 0 atom stereocenters. The van der Waals surface area contributed by atoms with Crippen LogP contribution in [0.4, 0.5) is 13.2 Å². The van der Waals surface area contributed by atoms with Crippen LogP contribution in [0.2, 0.25) is 0 Å². The second-order valence-corrected chi connectivity index (χ2v) is 2.00. The topological polar surface area (TPSA) is 26.0 Å². The monoisotopic (exact) mass is 165 g/mol. The smallest absolute Gasteiger partial charge is 0.402 e. The summed E-state index contributed by atoms with van der Waals surface area (Å²) in [7, 11) is 0. The lowest BCUT2D eigenvalue weighted by molar-refractivity contribution is -0.0798. The Balaban J connectivity index is 3.96. The van der Waals surface area contributed by atoms with Gasteiger partial charge in [0.1, 0.15) is 0 Å². The van der Waals surface area contributed by atoms with Crippen LogP contribution in [0.1, 0.15) is 13.3 Å². The summed E-state index contributed by atoms with van der Waals surface area (Å²) in [6, 6.07) is 0. The van der Waals surface area contributed by atoms with Crippen molar-refractivity contribution in [2.45, 2.75) is 19.5 Å². The van der Waals surface area contributed by atoms with Crippen molar-refractivity contribution in [2.75, 3.05) is 0 Å². The molecule has 1 nitrogen and oxygen atoms in total. The summed E-state index contributed by atoms with van der Waals surface area (Å²) in [5.41, 5.74) is 5.68. The maximum Gasteiger partial charge on any atom is 0.409 e. The number of hydrogen-bond acceptors (Lipinski definition) is 1. The second kappa shape index (κ2) is 4.05. The molecule has 0 heterocycles.